The first kappa shape index (κ1) is 33.7. The lowest BCUT2D eigenvalue weighted by Gasteiger charge is -2.22. The highest BCUT2D eigenvalue weighted by atomic mass is 28.3. The molecule has 0 aliphatic carbocycles. The van der Waals surface area contributed by atoms with Gasteiger partial charge < -0.3 is 4.57 Å². The number of aromatic nitrogens is 1. The van der Waals surface area contributed by atoms with E-state index in [4.69, 9.17) is 0 Å². The van der Waals surface area contributed by atoms with Crippen molar-refractivity contribution in [2.24, 2.45) is 0 Å². The van der Waals surface area contributed by atoms with Crippen LogP contribution in [0.3, 0.4) is 0 Å². The lowest BCUT2D eigenvalue weighted by atomic mass is 9.85. The van der Waals surface area contributed by atoms with Gasteiger partial charge in [0.2, 0.25) is 0 Å². The van der Waals surface area contributed by atoms with Crippen molar-refractivity contribution >= 4 is 94.1 Å². The first-order valence-corrected chi connectivity index (χ1v) is 24.1. The minimum absolute atomic E-state index is 1.18. The summed E-state index contributed by atoms with van der Waals surface area (Å²) in [6.07, 6.45) is 0. The molecule has 12 aromatic rings. The highest BCUT2D eigenvalue weighted by molar-refractivity contribution is 7.04. The van der Waals surface area contributed by atoms with Gasteiger partial charge in [0, 0.05) is 16.5 Å². The van der Waals surface area contributed by atoms with Crippen LogP contribution in [0.2, 0.25) is 13.1 Å². The lowest BCUT2D eigenvalue weighted by molar-refractivity contribution is 1.18. The molecule has 0 amide bonds. The highest BCUT2D eigenvalue weighted by Crippen LogP contribution is 2.46. The van der Waals surface area contributed by atoms with Crippen LogP contribution in [0.15, 0.2) is 200 Å². The Hall–Kier alpha value is -7.26. The van der Waals surface area contributed by atoms with Crippen molar-refractivity contribution in [3.8, 4) is 39.1 Å². The Bertz CT molecular complexity index is 3740. The van der Waals surface area contributed by atoms with E-state index in [1.165, 1.54) is 125 Å². The number of hydrogen-bond acceptors (Lipinski definition) is 0. The van der Waals surface area contributed by atoms with E-state index in [0.717, 1.165) is 0 Å². The number of fused-ring (bicyclic) bond motifs is 14. The fourth-order valence-electron chi connectivity index (χ4n) is 11.0. The van der Waals surface area contributed by atoms with Crippen LogP contribution in [0.25, 0.3) is 115 Å². The SMILES string of the molecule is C[Si]1(C)c2cc(-c3c4ccccc4c(-c4ccc5c(c4)c4ccccc4n5-c4ccccc4)c4ccccc34)ccc2-c2cc3c4ccccc4c4ccccc4c3cc21. The minimum Gasteiger partial charge on any atom is -0.309 e. The van der Waals surface area contributed by atoms with E-state index in [1.54, 1.807) is 0 Å². The van der Waals surface area contributed by atoms with E-state index < -0.39 is 8.07 Å². The van der Waals surface area contributed by atoms with Gasteiger partial charge in [0.1, 0.15) is 8.07 Å². The van der Waals surface area contributed by atoms with E-state index in [0.29, 0.717) is 0 Å². The summed E-state index contributed by atoms with van der Waals surface area (Å²) in [5, 5.41) is 18.8. The molecule has 280 valence electrons. The maximum absolute atomic E-state index is 2.57. The number of hydrogen-bond donors (Lipinski definition) is 0. The average Bonchev–Trinajstić information content (AvgIpc) is 3.75. The summed E-state index contributed by atoms with van der Waals surface area (Å²) in [5.74, 6) is 0. The predicted molar refractivity (Wildman–Crippen MR) is 261 cm³/mol. The first-order chi connectivity index (χ1) is 29.5. The van der Waals surface area contributed by atoms with E-state index in [2.05, 4.69) is 218 Å². The van der Waals surface area contributed by atoms with Crippen molar-refractivity contribution in [1.29, 1.82) is 0 Å². The van der Waals surface area contributed by atoms with Gasteiger partial charge in [-0.05, 0) is 134 Å². The molecule has 0 spiro atoms. The second kappa shape index (κ2) is 12.4. The van der Waals surface area contributed by atoms with Crippen molar-refractivity contribution in [2.75, 3.05) is 0 Å². The number of benzene rings is 11. The summed E-state index contributed by atoms with van der Waals surface area (Å²) in [6.45, 7) is 5.11. The van der Waals surface area contributed by atoms with Crippen LogP contribution in [0, 0.1) is 0 Å². The Kier molecular flexibility index (Phi) is 6.95. The molecule has 13 rings (SSSR count). The molecular formula is C58H39NSi. The number of nitrogens with zero attached hydrogens (tertiary/aromatic N) is 1. The van der Waals surface area contributed by atoms with Gasteiger partial charge in [-0.25, -0.2) is 0 Å². The smallest absolute Gasteiger partial charge is 0.113 e. The second-order valence-corrected chi connectivity index (χ2v) is 21.5. The van der Waals surface area contributed by atoms with Crippen molar-refractivity contribution in [2.45, 2.75) is 13.1 Å². The summed E-state index contributed by atoms with van der Waals surface area (Å²) in [6, 6.07) is 75.3. The topological polar surface area (TPSA) is 4.93 Å². The molecule has 60 heavy (non-hydrogen) atoms. The average molecular weight is 778 g/mol. The molecule has 0 fully saturated rings. The third-order valence-electron chi connectivity index (χ3n) is 13.7. The Labute approximate surface area is 349 Å². The third kappa shape index (κ3) is 4.57. The highest BCUT2D eigenvalue weighted by Gasteiger charge is 2.38. The lowest BCUT2D eigenvalue weighted by Crippen LogP contribution is -2.49. The predicted octanol–water partition coefficient (Wildman–Crippen LogP) is 14.7. The molecule has 0 bridgehead atoms. The van der Waals surface area contributed by atoms with Gasteiger partial charge in [-0.15, -0.1) is 0 Å². The van der Waals surface area contributed by atoms with Crippen LogP contribution >= 0.6 is 0 Å². The van der Waals surface area contributed by atoms with Gasteiger partial charge in [-0.3, -0.25) is 0 Å². The fraction of sp³-hybridized carbons (Fsp3) is 0.0345. The Morgan fingerprint density at radius 3 is 1.33 bits per heavy atom. The third-order valence-corrected chi connectivity index (χ3v) is 17.3. The van der Waals surface area contributed by atoms with Gasteiger partial charge in [-0.1, -0.05) is 177 Å². The van der Waals surface area contributed by atoms with Crippen LogP contribution in [0.1, 0.15) is 0 Å². The molecule has 2 heterocycles. The van der Waals surface area contributed by atoms with Crippen LogP contribution in [-0.2, 0) is 0 Å². The Balaban J connectivity index is 1.03. The zero-order valence-electron chi connectivity index (χ0n) is 33.5. The van der Waals surface area contributed by atoms with Crippen molar-refractivity contribution in [3.05, 3.63) is 200 Å². The van der Waals surface area contributed by atoms with Gasteiger partial charge >= 0.3 is 0 Å². The molecular weight excluding hydrogens is 739 g/mol. The monoisotopic (exact) mass is 777 g/mol. The molecule has 0 saturated heterocycles. The van der Waals surface area contributed by atoms with Crippen molar-refractivity contribution in [1.82, 2.24) is 4.57 Å². The molecule has 0 N–H and O–H groups in total. The molecule has 0 unspecified atom stereocenters. The van der Waals surface area contributed by atoms with Gasteiger partial charge in [0.05, 0.1) is 11.0 Å². The zero-order chi connectivity index (χ0) is 39.7. The maximum Gasteiger partial charge on any atom is 0.113 e. The summed E-state index contributed by atoms with van der Waals surface area (Å²) >= 11 is 0. The second-order valence-electron chi connectivity index (χ2n) is 17.2. The first-order valence-electron chi connectivity index (χ1n) is 21.1. The Morgan fingerprint density at radius 2 is 0.733 bits per heavy atom. The van der Waals surface area contributed by atoms with E-state index in [-0.39, 0.29) is 0 Å². The fourth-order valence-corrected chi connectivity index (χ4v) is 14.1. The summed E-state index contributed by atoms with van der Waals surface area (Å²) < 4.78 is 2.40. The summed E-state index contributed by atoms with van der Waals surface area (Å²) in [5.41, 5.74) is 11.6. The Morgan fingerprint density at radius 1 is 0.300 bits per heavy atom. The maximum atomic E-state index is 2.57. The van der Waals surface area contributed by atoms with Gasteiger partial charge in [0.25, 0.3) is 0 Å². The standard InChI is InChI=1S/C58H39NSi/c1-60(2)55-33-37(28-30-44(55)52-34-49-41-20-8-6-18-39(41)40-19-7-9-21-42(40)50(49)35-56(52)60)58-47-25-12-10-23-45(47)57(46-24-11-13-26-48(46)58)36-29-31-54-51(32-36)43-22-14-15-27-53(43)59(54)38-16-4-3-5-17-38/h3-35H,1-2H3. The van der Waals surface area contributed by atoms with Crippen LogP contribution in [-0.4, -0.2) is 12.6 Å². The number of para-hydroxylation sites is 2. The summed E-state index contributed by atoms with van der Waals surface area (Å²) in [4.78, 5) is 0. The van der Waals surface area contributed by atoms with Crippen LogP contribution in [0.5, 0.6) is 0 Å². The van der Waals surface area contributed by atoms with Crippen LogP contribution in [0.4, 0.5) is 0 Å². The van der Waals surface area contributed by atoms with Crippen LogP contribution < -0.4 is 10.4 Å². The van der Waals surface area contributed by atoms with Gasteiger partial charge in [0.15, 0.2) is 0 Å². The quantitative estimate of drug-likeness (QED) is 0.0956. The number of rotatable bonds is 3. The molecule has 0 radical (unpaired) electrons. The van der Waals surface area contributed by atoms with E-state index in [1.807, 2.05) is 0 Å². The van der Waals surface area contributed by atoms with Gasteiger partial charge in [-0.2, -0.15) is 0 Å². The molecule has 0 saturated carbocycles. The van der Waals surface area contributed by atoms with E-state index >= 15 is 0 Å². The van der Waals surface area contributed by atoms with Crippen molar-refractivity contribution < 1.29 is 0 Å². The normalized spacial score (nSPS) is 13.3. The summed E-state index contributed by atoms with van der Waals surface area (Å²) in [7, 11) is -2.09. The largest absolute Gasteiger partial charge is 0.309 e. The zero-order valence-corrected chi connectivity index (χ0v) is 34.5. The minimum atomic E-state index is -2.09. The molecule has 0 atom stereocenters. The molecule has 1 aliphatic heterocycles. The molecule has 1 aromatic heterocycles. The molecule has 11 aromatic carbocycles. The van der Waals surface area contributed by atoms with E-state index in [9.17, 15) is 0 Å². The molecule has 2 heteroatoms. The molecule has 1 nitrogen and oxygen atoms in total. The van der Waals surface area contributed by atoms with Crippen molar-refractivity contribution in [3.63, 3.8) is 0 Å². The molecule has 1 aliphatic rings.